The van der Waals surface area contributed by atoms with E-state index in [4.69, 9.17) is 12.2 Å². The van der Waals surface area contributed by atoms with Crippen molar-refractivity contribution in [2.45, 2.75) is 26.7 Å². The van der Waals surface area contributed by atoms with Crippen molar-refractivity contribution in [3.05, 3.63) is 51.8 Å². The molecule has 0 unspecified atom stereocenters. The zero-order chi connectivity index (χ0) is 14.1. The highest BCUT2D eigenvalue weighted by Gasteiger charge is 2.07. The number of aromatic nitrogens is 4. The van der Waals surface area contributed by atoms with Crippen LogP contribution in [0.5, 0.6) is 0 Å². The molecule has 0 radical (unpaired) electrons. The van der Waals surface area contributed by atoms with Gasteiger partial charge in [-0.25, -0.2) is 9.97 Å². The van der Waals surface area contributed by atoms with Crippen LogP contribution < -0.4 is 0 Å². The molecule has 0 amide bonds. The van der Waals surface area contributed by atoms with Gasteiger partial charge in [-0.05, 0) is 25.5 Å². The van der Waals surface area contributed by atoms with Crippen molar-refractivity contribution in [3.8, 4) is 0 Å². The minimum absolute atomic E-state index is 0.628. The zero-order valence-corrected chi connectivity index (χ0v) is 12.3. The number of para-hydroxylation sites is 2. The molecule has 0 aliphatic rings. The number of H-pyrrole nitrogens is 2. The van der Waals surface area contributed by atoms with Crippen molar-refractivity contribution in [2.75, 3.05) is 0 Å². The average Bonchev–Trinajstić information content (AvgIpc) is 2.80. The lowest BCUT2D eigenvalue weighted by atomic mass is 10.2. The summed E-state index contributed by atoms with van der Waals surface area (Å²) in [7, 11) is 0. The fraction of sp³-hybridized carbons (Fsp3) is 0.267. The molecule has 0 saturated heterocycles. The number of nitrogens with one attached hydrogen (secondary N) is 2. The number of benzene rings is 1. The Morgan fingerprint density at radius 1 is 1.10 bits per heavy atom. The Hall–Kier alpha value is -2.01. The normalized spacial score (nSPS) is 11.1. The lowest BCUT2D eigenvalue weighted by molar-refractivity contribution is 0.869. The first-order chi connectivity index (χ1) is 9.67. The maximum Gasteiger partial charge on any atom is 0.133 e. The third kappa shape index (κ3) is 2.36. The molecule has 0 saturated carbocycles. The van der Waals surface area contributed by atoms with Crippen LogP contribution in [-0.2, 0) is 12.8 Å². The van der Waals surface area contributed by atoms with E-state index in [1.165, 1.54) is 0 Å². The maximum atomic E-state index is 5.35. The smallest absolute Gasteiger partial charge is 0.133 e. The molecule has 3 rings (SSSR count). The standard InChI is InChI=1S/C15H16N4S/c1-3-10-9(2)16-13(19-15(10)20)8-14-17-11-6-4-5-7-12(11)18-14/h4-7H,3,8H2,1-2H3,(H,17,18)(H,16,19,20). The minimum atomic E-state index is 0.628. The fourth-order valence-electron chi connectivity index (χ4n) is 2.42. The Morgan fingerprint density at radius 2 is 1.85 bits per heavy atom. The second-order valence-electron chi connectivity index (χ2n) is 4.82. The molecule has 0 atom stereocenters. The van der Waals surface area contributed by atoms with Crippen LogP contribution in [0.2, 0.25) is 0 Å². The molecule has 0 bridgehead atoms. The van der Waals surface area contributed by atoms with Gasteiger partial charge in [0.1, 0.15) is 16.3 Å². The summed E-state index contributed by atoms with van der Waals surface area (Å²) in [6.45, 7) is 4.13. The molecule has 0 aliphatic carbocycles. The van der Waals surface area contributed by atoms with Crippen LogP contribution >= 0.6 is 12.2 Å². The number of hydrogen-bond acceptors (Lipinski definition) is 3. The van der Waals surface area contributed by atoms with Crippen molar-refractivity contribution in [1.82, 2.24) is 19.9 Å². The van der Waals surface area contributed by atoms with Crippen molar-refractivity contribution in [2.24, 2.45) is 0 Å². The van der Waals surface area contributed by atoms with Crippen LogP contribution in [0, 0.1) is 11.6 Å². The van der Waals surface area contributed by atoms with Crippen LogP contribution in [0.4, 0.5) is 0 Å². The van der Waals surface area contributed by atoms with Crippen molar-refractivity contribution < 1.29 is 0 Å². The first kappa shape index (κ1) is 13.0. The molecule has 0 aliphatic heterocycles. The van der Waals surface area contributed by atoms with E-state index >= 15 is 0 Å². The fourth-order valence-corrected chi connectivity index (χ4v) is 2.83. The molecule has 2 heterocycles. The monoisotopic (exact) mass is 284 g/mol. The van der Waals surface area contributed by atoms with Crippen LogP contribution in [0.3, 0.4) is 0 Å². The van der Waals surface area contributed by atoms with E-state index < -0.39 is 0 Å². The Balaban J connectivity index is 1.96. The molecule has 1 aromatic carbocycles. The molecule has 2 aromatic heterocycles. The molecule has 0 fully saturated rings. The first-order valence-corrected chi connectivity index (χ1v) is 7.10. The Kier molecular flexibility index (Phi) is 3.36. The summed E-state index contributed by atoms with van der Waals surface area (Å²) in [5.41, 5.74) is 4.23. The van der Waals surface area contributed by atoms with Crippen molar-refractivity contribution in [3.63, 3.8) is 0 Å². The SMILES string of the molecule is CCc1c(C)[nH]c(Cc2nc3ccccc3[nH]2)nc1=S. The summed E-state index contributed by atoms with van der Waals surface area (Å²) >= 11 is 5.35. The summed E-state index contributed by atoms with van der Waals surface area (Å²) in [5, 5.41) is 0. The molecule has 0 spiro atoms. The summed E-state index contributed by atoms with van der Waals surface area (Å²) in [6, 6.07) is 8.00. The van der Waals surface area contributed by atoms with Gasteiger partial charge in [-0.1, -0.05) is 31.3 Å². The van der Waals surface area contributed by atoms with Crippen molar-refractivity contribution in [1.29, 1.82) is 0 Å². The molecule has 20 heavy (non-hydrogen) atoms. The quantitative estimate of drug-likeness (QED) is 0.724. The van der Waals surface area contributed by atoms with Crippen LogP contribution in [-0.4, -0.2) is 19.9 Å². The molecule has 5 heteroatoms. The average molecular weight is 284 g/mol. The van der Waals surface area contributed by atoms with Gasteiger partial charge in [0.25, 0.3) is 0 Å². The van der Waals surface area contributed by atoms with Crippen LogP contribution in [0.15, 0.2) is 24.3 Å². The molecular formula is C15H16N4S. The number of rotatable bonds is 3. The van der Waals surface area contributed by atoms with Gasteiger partial charge in [0.05, 0.1) is 17.5 Å². The van der Waals surface area contributed by atoms with E-state index in [9.17, 15) is 0 Å². The zero-order valence-electron chi connectivity index (χ0n) is 11.5. The summed E-state index contributed by atoms with van der Waals surface area (Å²) < 4.78 is 0.690. The highest BCUT2D eigenvalue weighted by atomic mass is 32.1. The topological polar surface area (TPSA) is 57.4 Å². The Morgan fingerprint density at radius 3 is 2.55 bits per heavy atom. The van der Waals surface area contributed by atoms with Crippen molar-refractivity contribution >= 4 is 23.3 Å². The number of imidazole rings is 1. The van der Waals surface area contributed by atoms with Crippen LogP contribution in [0.1, 0.15) is 29.8 Å². The first-order valence-electron chi connectivity index (χ1n) is 6.69. The number of aryl methyl sites for hydroxylation is 1. The van der Waals surface area contributed by atoms with E-state index in [1.807, 2.05) is 31.2 Å². The predicted octanol–water partition coefficient (Wildman–Crippen LogP) is 3.48. The van der Waals surface area contributed by atoms with Gasteiger partial charge >= 0.3 is 0 Å². The number of nitrogens with zero attached hydrogens (tertiary/aromatic N) is 2. The lowest BCUT2D eigenvalue weighted by Crippen LogP contribution is -2.04. The van der Waals surface area contributed by atoms with E-state index in [-0.39, 0.29) is 0 Å². The van der Waals surface area contributed by atoms with Gasteiger partial charge < -0.3 is 9.97 Å². The summed E-state index contributed by atoms with van der Waals surface area (Å²) in [5.74, 6) is 1.75. The Labute approximate surface area is 122 Å². The van der Waals surface area contributed by atoms with Gasteiger partial charge in [0, 0.05) is 11.3 Å². The molecule has 4 nitrogen and oxygen atoms in total. The highest BCUT2D eigenvalue weighted by molar-refractivity contribution is 7.71. The molecule has 2 N–H and O–H groups in total. The number of fused-ring (bicyclic) bond motifs is 1. The third-order valence-corrected chi connectivity index (χ3v) is 3.74. The van der Waals surface area contributed by atoms with Gasteiger partial charge in [-0.15, -0.1) is 0 Å². The Bertz CT molecular complexity index is 783. The maximum absolute atomic E-state index is 5.35. The largest absolute Gasteiger partial charge is 0.347 e. The van der Waals surface area contributed by atoms with E-state index in [1.54, 1.807) is 0 Å². The predicted molar refractivity (Wildman–Crippen MR) is 82.4 cm³/mol. The second kappa shape index (κ2) is 5.17. The summed E-state index contributed by atoms with van der Waals surface area (Å²) in [6.07, 6.45) is 1.53. The second-order valence-corrected chi connectivity index (χ2v) is 5.21. The van der Waals surface area contributed by atoms with Gasteiger partial charge in [-0.3, -0.25) is 0 Å². The number of aromatic amines is 2. The van der Waals surface area contributed by atoms with E-state index in [0.717, 1.165) is 40.4 Å². The highest BCUT2D eigenvalue weighted by Crippen LogP contribution is 2.13. The third-order valence-electron chi connectivity index (χ3n) is 3.41. The lowest BCUT2D eigenvalue weighted by Gasteiger charge is -2.06. The van der Waals surface area contributed by atoms with E-state index in [2.05, 4.69) is 26.9 Å². The molecular weight excluding hydrogens is 268 g/mol. The minimum Gasteiger partial charge on any atom is -0.347 e. The van der Waals surface area contributed by atoms with E-state index in [0.29, 0.717) is 11.1 Å². The van der Waals surface area contributed by atoms with Gasteiger partial charge in [0.2, 0.25) is 0 Å². The van der Waals surface area contributed by atoms with Gasteiger partial charge in [-0.2, -0.15) is 0 Å². The summed E-state index contributed by atoms with van der Waals surface area (Å²) in [4.78, 5) is 15.7. The molecule has 102 valence electrons. The van der Waals surface area contributed by atoms with Crippen LogP contribution in [0.25, 0.3) is 11.0 Å². The molecule has 3 aromatic rings. The number of hydrogen-bond donors (Lipinski definition) is 2. The van der Waals surface area contributed by atoms with Gasteiger partial charge in [0.15, 0.2) is 0 Å².